The molecule has 0 unspecified atom stereocenters. The molecule has 1 aliphatic carbocycles. The highest BCUT2D eigenvalue weighted by Gasteiger charge is 2.29. The van der Waals surface area contributed by atoms with Crippen LogP contribution in [0.1, 0.15) is 59.8 Å². The molecule has 2 fully saturated rings. The Hall–Kier alpha value is -2.71. The predicted molar refractivity (Wildman–Crippen MR) is 118 cm³/mol. The summed E-state index contributed by atoms with van der Waals surface area (Å²) in [5.74, 6) is 0.820. The van der Waals surface area contributed by atoms with E-state index in [4.69, 9.17) is 4.42 Å². The number of rotatable bonds is 5. The lowest BCUT2D eigenvalue weighted by Gasteiger charge is -2.26. The fourth-order valence-electron chi connectivity index (χ4n) is 3.99. The third-order valence-corrected chi connectivity index (χ3v) is 7.89. The summed E-state index contributed by atoms with van der Waals surface area (Å²) in [5, 5.41) is 2.87. The van der Waals surface area contributed by atoms with Crippen molar-refractivity contribution in [2.45, 2.75) is 49.8 Å². The number of hydrogen-bond acceptors (Lipinski definition) is 5. The van der Waals surface area contributed by atoms with Gasteiger partial charge >= 0.3 is 0 Å². The van der Waals surface area contributed by atoms with E-state index in [-0.39, 0.29) is 10.8 Å². The maximum absolute atomic E-state index is 13.0. The van der Waals surface area contributed by atoms with Crippen LogP contribution in [0.2, 0.25) is 0 Å². The molecule has 8 heteroatoms. The Morgan fingerprint density at radius 3 is 2.61 bits per heavy atom. The first-order chi connectivity index (χ1) is 14.9. The first kappa shape index (κ1) is 20.2. The van der Waals surface area contributed by atoms with Crippen LogP contribution in [0.4, 0.5) is 5.69 Å². The molecule has 1 amide bonds. The number of hydrogen-bond donors (Lipinski definition) is 1. The quantitative estimate of drug-likeness (QED) is 0.634. The number of anilines is 1. The molecular weight excluding hydrogens is 414 g/mol. The normalized spacial score (nSPS) is 17.7. The Labute approximate surface area is 181 Å². The van der Waals surface area contributed by atoms with Crippen molar-refractivity contribution in [1.82, 2.24) is 9.29 Å². The van der Waals surface area contributed by atoms with Crippen LogP contribution in [0.25, 0.3) is 11.1 Å². The number of sulfonamides is 1. The molecule has 0 atom stereocenters. The van der Waals surface area contributed by atoms with Crippen molar-refractivity contribution in [1.29, 1.82) is 0 Å². The maximum atomic E-state index is 13.0. The number of benzene rings is 2. The van der Waals surface area contributed by atoms with Crippen LogP contribution < -0.4 is 5.32 Å². The molecular formula is C23H25N3O4S. The van der Waals surface area contributed by atoms with Crippen LogP contribution >= 0.6 is 0 Å². The number of amides is 1. The Morgan fingerprint density at radius 1 is 1.10 bits per heavy atom. The van der Waals surface area contributed by atoms with E-state index in [1.165, 1.54) is 10.4 Å². The number of fused-ring (bicyclic) bond motifs is 1. The number of carbonyl (C=O) groups excluding carboxylic acids is 1. The number of nitrogens with one attached hydrogen (secondary N) is 1. The second-order valence-electron chi connectivity index (χ2n) is 8.40. The van der Waals surface area contributed by atoms with Gasteiger partial charge < -0.3 is 9.73 Å². The Kier molecular flexibility index (Phi) is 5.06. The zero-order valence-corrected chi connectivity index (χ0v) is 18.2. The molecule has 5 rings (SSSR count). The monoisotopic (exact) mass is 439 g/mol. The molecule has 3 aromatic rings. The van der Waals surface area contributed by atoms with Gasteiger partial charge in [0.25, 0.3) is 5.91 Å². The van der Waals surface area contributed by atoms with Gasteiger partial charge in [-0.05, 0) is 68.5 Å². The zero-order valence-electron chi connectivity index (χ0n) is 17.4. The summed E-state index contributed by atoms with van der Waals surface area (Å²) >= 11 is 0. The first-order valence-electron chi connectivity index (χ1n) is 10.7. The molecule has 162 valence electrons. The van der Waals surface area contributed by atoms with Gasteiger partial charge in [-0.2, -0.15) is 4.31 Å². The lowest BCUT2D eigenvalue weighted by atomic mass is 10.1. The zero-order chi connectivity index (χ0) is 21.6. The first-order valence-corrected chi connectivity index (χ1v) is 12.2. The van der Waals surface area contributed by atoms with Crippen LogP contribution in [0.3, 0.4) is 0 Å². The summed E-state index contributed by atoms with van der Waals surface area (Å²) in [6, 6.07) is 10.1. The molecule has 2 aliphatic rings. The van der Waals surface area contributed by atoms with E-state index < -0.39 is 10.0 Å². The van der Waals surface area contributed by atoms with Crippen molar-refractivity contribution in [2.24, 2.45) is 0 Å². The molecule has 1 N–H and O–H groups in total. The van der Waals surface area contributed by atoms with Gasteiger partial charge in [0.15, 0.2) is 11.5 Å². The SMILES string of the molecule is Cc1ccc(S(=O)(=O)N2CCCCC2)cc1C(=O)Nc1ccc2oc(C3CC3)nc2c1. The van der Waals surface area contributed by atoms with Crippen LogP contribution in [0.5, 0.6) is 0 Å². The average Bonchev–Trinajstić information content (AvgIpc) is 3.54. The minimum Gasteiger partial charge on any atom is -0.440 e. The highest BCUT2D eigenvalue weighted by atomic mass is 32.2. The lowest BCUT2D eigenvalue weighted by Crippen LogP contribution is -2.35. The Balaban J connectivity index is 1.40. The topological polar surface area (TPSA) is 92.5 Å². The minimum atomic E-state index is -3.61. The van der Waals surface area contributed by atoms with Crippen molar-refractivity contribution in [3.8, 4) is 0 Å². The number of aryl methyl sites for hydroxylation is 1. The van der Waals surface area contributed by atoms with Gasteiger partial charge in [-0.1, -0.05) is 12.5 Å². The number of carbonyl (C=O) groups is 1. The largest absolute Gasteiger partial charge is 0.440 e. The van der Waals surface area contributed by atoms with Gasteiger partial charge in [0.05, 0.1) is 4.90 Å². The summed E-state index contributed by atoms with van der Waals surface area (Å²) < 4.78 is 33.3. The fraction of sp³-hybridized carbons (Fsp3) is 0.391. The van der Waals surface area contributed by atoms with Gasteiger partial charge in [-0.15, -0.1) is 0 Å². The van der Waals surface area contributed by atoms with Crippen molar-refractivity contribution in [3.63, 3.8) is 0 Å². The molecule has 1 aliphatic heterocycles. The second kappa shape index (κ2) is 7.76. The number of oxazole rings is 1. The second-order valence-corrected chi connectivity index (χ2v) is 10.3. The minimum absolute atomic E-state index is 0.158. The van der Waals surface area contributed by atoms with Crippen LogP contribution in [0.15, 0.2) is 45.7 Å². The molecule has 0 radical (unpaired) electrons. The van der Waals surface area contributed by atoms with Crippen LogP contribution in [-0.2, 0) is 10.0 Å². The van der Waals surface area contributed by atoms with E-state index in [0.29, 0.717) is 46.9 Å². The smallest absolute Gasteiger partial charge is 0.255 e. The third-order valence-electron chi connectivity index (χ3n) is 6.00. The summed E-state index contributed by atoms with van der Waals surface area (Å²) in [7, 11) is -3.61. The molecule has 31 heavy (non-hydrogen) atoms. The Morgan fingerprint density at radius 2 is 1.87 bits per heavy atom. The molecule has 2 aromatic carbocycles. The van der Waals surface area contributed by atoms with Gasteiger partial charge in [-0.3, -0.25) is 4.79 Å². The van der Waals surface area contributed by atoms with Crippen molar-refractivity contribution in [2.75, 3.05) is 18.4 Å². The van der Waals surface area contributed by atoms with Crippen molar-refractivity contribution < 1.29 is 17.6 Å². The van der Waals surface area contributed by atoms with Gasteiger partial charge in [-0.25, -0.2) is 13.4 Å². The predicted octanol–water partition coefficient (Wildman–Crippen LogP) is 4.44. The number of piperidine rings is 1. The van der Waals surface area contributed by atoms with Crippen molar-refractivity contribution in [3.05, 3.63) is 53.4 Å². The van der Waals surface area contributed by atoms with Crippen molar-refractivity contribution >= 4 is 32.7 Å². The van der Waals surface area contributed by atoms with E-state index >= 15 is 0 Å². The van der Waals surface area contributed by atoms with Gasteiger partial charge in [0, 0.05) is 30.3 Å². The molecule has 1 aromatic heterocycles. The molecule has 2 heterocycles. The van der Waals surface area contributed by atoms with E-state index in [0.717, 1.165) is 38.0 Å². The summed E-state index contributed by atoms with van der Waals surface area (Å²) in [6.07, 6.45) is 4.99. The molecule has 1 saturated heterocycles. The highest BCUT2D eigenvalue weighted by molar-refractivity contribution is 7.89. The molecule has 0 spiro atoms. The Bertz CT molecular complexity index is 1260. The van der Waals surface area contributed by atoms with Gasteiger partial charge in [0.1, 0.15) is 5.52 Å². The van der Waals surface area contributed by atoms with E-state index in [9.17, 15) is 13.2 Å². The average molecular weight is 440 g/mol. The summed E-state index contributed by atoms with van der Waals surface area (Å²) in [4.78, 5) is 17.7. The number of aromatic nitrogens is 1. The fourth-order valence-corrected chi connectivity index (χ4v) is 5.53. The van der Waals surface area contributed by atoms with Crippen LogP contribution in [-0.4, -0.2) is 36.7 Å². The molecule has 7 nitrogen and oxygen atoms in total. The lowest BCUT2D eigenvalue weighted by molar-refractivity contribution is 0.102. The van der Waals surface area contributed by atoms with Crippen LogP contribution in [0, 0.1) is 6.92 Å². The molecule has 1 saturated carbocycles. The highest BCUT2D eigenvalue weighted by Crippen LogP contribution is 2.40. The number of nitrogens with zero attached hydrogens (tertiary/aromatic N) is 2. The molecule has 0 bridgehead atoms. The summed E-state index contributed by atoms with van der Waals surface area (Å²) in [6.45, 7) is 2.85. The standard InChI is InChI=1S/C23H25N3O4S/c1-15-5-9-18(31(28,29)26-11-3-2-4-12-26)14-19(15)22(27)24-17-8-10-21-20(13-17)25-23(30-21)16-6-7-16/h5,8-10,13-14,16H,2-4,6-7,11-12H2,1H3,(H,24,27). The maximum Gasteiger partial charge on any atom is 0.255 e. The van der Waals surface area contributed by atoms with E-state index in [1.54, 1.807) is 37.3 Å². The van der Waals surface area contributed by atoms with Gasteiger partial charge in [0.2, 0.25) is 10.0 Å². The van der Waals surface area contributed by atoms with E-state index in [2.05, 4.69) is 10.3 Å². The van der Waals surface area contributed by atoms with E-state index in [1.807, 2.05) is 0 Å². The summed E-state index contributed by atoms with van der Waals surface area (Å²) in [5.41, 5.74) is 3.06. The third kappa shape index (κ3) is 3.97.